The minimum Gasteiger partial charge on any atom is -0.477 e. The van der Waals surface area contributed by atoms with Crippen LogP contribution in [0.4, 0.5) is 0 Å². The van der Waals surface area contributed by atoms with Gasteiger partial charge in [0, 0.05) is 17.8 Å². The van der Waals surface area contributed by atoms with Gasteiger partial charge in [0.2, 0.25) is 5.88 Å². The van der Waals surface area contributed by atoms with Gasteiger partial charge in [0.15, 0.2) is 0 Å². The van der Waals surface area contributed by atoms with Crippen LogP contribution in [0.2, 0.25) is 0 Å². The maximum Gasteiger partial charge on any atom is 0.218 e. The molecular formula is C16H28N2O. The maximum atomic E-state index is 5.89. The van der Waals surface area contributed by atoms with Crippen LogP contribution in [0.3, 0.4) is 0 Å². The molecule has 0 aliphatic carbocycles. The molecule has 0 saturated heterocycles. The molecule has 0 unspecified atom stereocenters. The van der Waals surface area contributed by atoms with Gasteiger partial charge >= 0.3 is 0 Å². The predicted octanol–water partition coefficient (Wildman–Crippen LogP) is 3.62. The Balaban J connectivity index is 2.74. The summed E-state index contributed by atoms with van der Waals surface area (Å²) in [5, 5.41) is 3.43. The fourth-order valence-electron chi connectivity index (χ4n) is 1.94. The van der Waals surface area contributed by atoms with Crippen molar-refractivity contribution in [1.29, 1.82) is 0 Å². The lowest BCUT2D eigenvalue weighted by molar-refractivity contribution is 0.275. The zero-order valence-corrected chi connectivity index (χ0v) is 13.0. The second-order valence-corrected chi connectivity index (χ2v) is 5.57. The van der Waals surface area contributed by atoms with Gasteiger partial charge in [-0.05, 0) is 50.8 Å². The molecule has 3 heteroatoms. The predicted molar refractivity (Wildman–Crippen MR) is 80.7 cm³/mol. The van der Waals surface area contributed by atoms with E-state index in [4.69, 9.17) is 4.74 Å². The molecule has 0 aromatic carbocycles. The van der Waals surface area contributed by atoms with Gasteiger partial charge in [0.25, 0.3) is 0 Å². The Morgan fingerprint density at radius 1 is 1.32 bits per heavy atom. The highest BCUT2D eigenvalue weighted by molar-refractivity contribution is 5.35. The Hall–Kier alpha value is -1.09. The number of hydrogen-bond donors (Lipinski definition) is 1. The third-order valence-corrected chi connectivity index (χ3v) is 3.10. The van der Waals surface area contributed by atoms with E-state index in [0.29, 0.717) is 5.92 Å². The van der Waals surface area contributed by atoms with E-state index in [1.165, 1.54) is 11.1 Å². The van der Waals surface area contributed by atoms with E-state index in [-0.39, 0.29) is 0 Å². The van der Waals surface area contributed by atoms with Gasteiger partial charge in [0.05, 0.1) is 6.61 Å². The Morgan fingerprint density at radius 2 is 2.05 bits per heavy atom. The van der Waals surface area contributed by atoms with Gasteiger partial charge in [-0.25, -0.2) is 4.98 Å². The molecular weight excluding hydrogens is 236 g/mol. The first kappa shape index (κ1) is 16.0. The molecule has 0 radical (unpaired) electrons. The summed E-state index contributed by atoms with van der Waals surface area (Å²) in [5.41, 5.74) is 3.48. The molecule has 0 saturated carbocycles. The molecule has 1 aromatic heterocycles. The molecule has 0 spiro atoms. The zero-order valence-electron chi connectivity index (χ0n) is 13.0. The van der Waals surface area contributed by atoms with E-state index in [0.717, 1.165) is 44.1 Å². The van der Waals surface area contributed by atoms with Gasteiger partial charge in [-0.15, -0.1) is 0 Å². The Bertz CT molecular complexity index is 389. The minimum atomic E-state index is 0.660. The number of nitrogens with zero attached hydrogens (tertiary/aromatic N) is 1. The van der Waals surface area contributed by atoms with Crippen molar-refractivity contribution in [3.05, 3.63) is 22.9 Å². The fraction of sp³-hybridized carbons (Fsp3) is 0.688. The lowest BCUT2D eigenvalue weighted by atomic mass is 10.1. The van der Waals surface area contributed by atoms with Crippen LogP contribution in [-0.4, -0.2) is 18.1 Å². The van der Waals surface area contributed by atoms with Gasteiger partial charge in [0.1, 0.15) is 0 Å². The van der Waals surface area contributed by atoms with Crippen molar-refractivity contribution in [2.45, 2.75) is 54.0 Å². The van der Waals surface area contributed by atoms with E-state index >= 15 is 0 Å². The molecule has 0 aliphatic rings. The third kappa shape index (κ3) is 5.60. The van der Waals surface area contributed by atoms with E-state index in [1.54, 1.807) is 0 Å². The number of rotatable bonds is 8. The largest absolute Gasteiger partial charge is 0.477 e. The van der Waals surface area contributed by atoms with Crippen LogP contribution >= 0.6 is 0 Å². The SMILES string of the molecule is CCCNCc1c(C)cc(C)nc1OCCC(C)C. The third-order valence-electron chi connectivity index (χ3n) is 3.10. The molecule has 108 valence electrons. The summed E-state index contributed by atoms with van der Waals surface area (Å²) >= 11 is 0. The van der Waals surface area contributed by atoms with Gasteiger partial charge in [-0.1, -0.05) is 20.8 Å². The second-order valence-electron chi connectivity index (χ2n) is 5.57. The highest BCUT2D eigenvalue weighted by atomic mass is 16.5. The molecule has 0 aliphatic heterocycles. The molecule has 3 nitrogen and oxygen atoms in total. The van der Waals surface area contributed by atoms with E-state index in [2.05, 4.69) is 44.1 Å². The molecule has 1 heterocycles. The highest BCUT2D eigenvalue weighted by Gasteiger charge is 2.10. The van der Waals surface area contributed by atoms with Crippen molar-refractivity contribution < 1.29 is 4.74 Å². The lowest BCUT2D eigenvalue weighted by Crippen LogP contribution is -2.17. The smallest absolute Gasteiger partial charge is 0.218 e. The summed E-state index contributed by atoms with van der Waals surface area (Å²) in [4.78, 5) is 4.55. The molecule has 19 heavy (non-hydrogen) atoms. The quantitative estimate of drug-likeness (QED) is 0.728. The van der Waals surface area contributed by atoms with Crippen molar-refractivity contribution in [2.75, 3.05) is 13.2 Å². The van der Waals surface area contributed by atoms with Crippen molar-refractivity contribution in [3.63, 3.8) is 0 Å². The van der Waals surface area contributed by atoms with E-state index < -0.39 is 0 Å². The van der Waals surface area contributed by atoms with Crippen LogP contribution < -0.4 is 10.1 Å². The molecule has 0 fully saturated rings. The second kappa shape index (κ2) is 8.16. The minimum absolute atomic E-state index is 0.660. The fourth-order valence-corrected chi connectivity index (χ4v) is 1.94. The summed E-state index contributed by atoms with van der Waals surface area (Å²) < 4.78 is 5.89. The number of ether oxygens (including phenoxy) is 1. The van der Waals surface area contributed by atoms with Gasteiger partial charge in [-0.2, -0.15) is 0 Å². The summed E-state index contributed by atoms with van der Waals surface area (Å²) in [6.45, 7) is 13.4. The van der Waals surface area contributed by atoms with Crippen LogP contribution in [0.5, 0.6) is 5.88 Å². The lowest BCUT2D eigenvalue weighted by Gasteiger charge is -2.15. The number of aromatic nitrogens is 1. The first-order valence-electron chi connectivity index (χ1n) is 7.35. The average molecular weight is 264 g/mol. The summed E-state index contributed by atoms with van der Waals surface area (Å²) in [6, 6.07) is 2.12. The first-order valence-corrected chi connectivity index (χ1v) is 7.35. The van der Waals surface area contributed by atoms with Crippen LogP contribution in [0.1, 0.15) is 50.4 Å². The standard InChI is InChI=1S/C16H28N2O/c1-6-8-17-11-15-13(4)10-14(5)18-16(15)19-9-7-12(2)3/h10,12,17H,6-9,11H2,1-5H3. The van der Waals surface area contributed by atoms with Crippen molar-refractivity contribution in [1.82, 2.24) is 10.3 Å². The number of nitrogens with one attached hydrogen (secondary N) is 1. The Morgan fingerprint density at radius 3 is 2.68 bits per heavy atom. The van der Waals surface area contributed by atoms with E-state index in [9.17, 15) is 0 Å². The zero-order chi connectivity index (χ0) is 14.3. The first-order chi connectivity index (χ1) is 9.04. The van der Waals surface area contributed by atoms with E-state index in [1.807, 2.05) is 6.92 Å². The monoisotopic (exact) mass is 264 g/mol. The van der Waals surface area contributed by atoms with Crippen LogP contribution in [0.25, 0.3) is 0 Å². The van der Waals surface area contributed by atoms with Gasteiger partial charge in [-0.3, -0.25) is 0 Å². The van der Waals surface area contributed by atoms with Gasteiger partial charge < -0.3 is 10.1 Å². The van der Waals surface area contributed by atoms with Crippen LogP contribution in [-0.2, 0) is 6.54 Å². The summed E-state index contributed by atoms with van der Waals surface area (Å²) in [6.07, 6.45) is 2.21. The van der Waals surface area contributed by atoms with Crippen LogP contribution in [0, 0.1) is 19.8 Å². The number of pyridine rings is 1. The highest BCUT2D eigenvalue weighted by Crippen LogP contribution is 2.21. The molecule has 0 amide bonds. The molecule has 1 aromatic rings. The summed E-state index contributed by atoms with van der Waals surface area (Å²) in [5.74, 6) is 1.47. The number of hydrogen-bond acceptors (Lipinski definition) is 3. The Kier molecular flexibility index (Phi) is 6.85. The van der Waals surface area contributed by atoms with Crippen molar-refractivity contribution in [3.8, 4) is 5.88 Å². The summed E-state index contributed by atoms with van der Waals surface area (Å²) in [7, 11) is 0. The molecule has 1 rings (SSSR count). The van der Waals surface area contributed by atoms with Crippen LogP contribution in [0.15, 0.2) is 6.07 Å². The number of aryl methyl sites for hydroxylation is 2. The van der Waals surface area contributed by atoms with Crippen molar-refractivity contribution >= 4 is 0 Å². The Labute approximate surface area is 117 Å². The molecule has 0 bridgehead atoms. The topological polar surface area (TPSA) is 34.2 Å². The normalized spacial score (nSPS) is 11.1. The molecule has 1 N–H and O–H groups in total. The average Bonchev–Trinajstić information content (AvgIpc) is 2.32. The van der Waals surface area contributed by atoms with Crippen molar-refractivity contribution in [2.24, 2.45) is 5.92 Å². The molecule has 0 atom stereocenters. The maximum absolute atomic E-state index is 5.89.